The van der Waals surface area contributed by atoms with Gasteiger partial charge in [0.05, 0.1) is 0 Å². The van der Waals surface area contributed by atoms with Crippen LogP contribution in [-0.4, -0.2) is 0 Å². The van der Waals surface area contributed by atoms with E-state index in [-0.39, 0.29) is 0 Å². The van der Waals surface area contributed by atoms with Crippen LogP contribution in [0.15, 0.2) is 0 Å². The van der Waals surface area contributed by atoms with Gasteiger partial charge in [-0.05, 0) is 178 Å². The van der Waals surface area contributed by atoms with Gasteiger partial charge in [-0.1, -0.05) is 143 Å². The third-order valence-corrected chi connectivity index (χ3v) is 19.9. The van der Waals surface area contributed by atoms with Crippen molar-refractivity contribution < 1.29 is 0 Å². The SMILES string of the molecule is CCCC1CCCCC1C1CCCC(C2CCCCC2C2CCCC(C)C(C3CCCC(C4CCC5CCCCC5C4)C3)C3CCCCC23)C1C. The highest BCUT2D eigenvalue weighted by Crippen LogP contribution is 2.59. The standard InChI is InChI=1S/C51H88/c1-4-16-38-19-7-8-23-45(38)43-28-15-29-44(36(43)3)46-24-9-10-25-47(46)48-30-13-17-35(2)51(50-27-12-11-26-49(48)50)42-22-14-21-40(34-42)41-32-31-37-18-5-6-20-39(37)33-41/h35-51H,4-34H2,1-3H3. The lowest BCUT2D eigenvalue weighted by atomic mass is 9.50. The molecule has 0 bridgehead atoms. The Bertz CT molecular complexity index is 1040. The summed E-state index contributed by atoms with van der Waals surface area (Å²) >= 11 is 0. The van der Waals surface area contributed by atoms with E-state index in [1.807, 2.05) is 0 Å². The minimum absolute atomic E-state index is 0.988. The molecule has 0 aromatic rings. The summed E-state index contributed by atoms with van der Waals surface area (Å²) in [6.45, 7) is 8.09. The number of hydrogen-bond donors (Lipinski definition) is 0. The van der Waals surface area contributed by atoms with Gasteiger partial charge >= 0.3 is 0 Å². The fourth-order valence-electron chi connectivity index (χ4n) is 17.9. The molecule has 8 aliphatic carbocycles. The summed E-state index contributed by atoms with van der Waals surface area (Å²) in [5.41, 5.74) is 0. The summed E-state index contributed by atoms with van der Waals surface area (Å²) in [6, 6.07) is 0. The van der Waals surface area contributed by atoms with Gasteiger partial charge < -0.3 is 0 Å². The zero-order valence-corrected chi connectivity index (χ0v) is 34.7. The predicted octanol–water partition coefficient (Wildman–Crippen LogP) is 15.7. The van der Waals surface area contributed by atoms with Crippen molar-refractivity contribution in [3.05, 3.63) is 0 Å². The second-order valence-electron chi connectivity index (χ2n) is 22.1. The Balaban J connectivity index is 0.994. The number of fused-ring (bicyclic) bond motifs is 2. The van der Waals surface area contributed by atoms with Gasteiger partial charge in [0.15, 0.2) is 0 Å². The van der Waals surface area contributed by atoms with Crippen molar-refractivity contribution >= 4 is 0 Å². The van der Waals surface area contributed by atoms with Crippen LogP contribution in [0.3, 0.4) is 0 Å². The highest BCUT2D eigenvalue weighted by molar-refractivity contribution is 5.00. The van der Waals surface area contributed by atoms with Gasteiger partial charge in [-0.15, -0.1) is 0 Å². The van der Waals surface area contributed by atoms with Crippen molar-refractivity contribution in [3.63, 3.8) is 0 Å². The van der Waals surface area contributed by atoms with Crippen LogP contribution < -0.4 is 0 Å². The van der Waals surface area contributed by atoms with Crippen molar-refractivity contribution in [2.24, 2.45) is 101 Å². The molecule has 17 unspecified atom stereocenters. The Labute approximate surface area is 319 Å². The Morgan fingerprint density at radius 2 is 0.745 bits per heavy atom. The van der Waals surface area contributed by atoms with Crippen LogP contribution in [0.1, 0.15) is 220 Å². The van der Waals surface area contributed by atoms with Crippen LogP contribution in [0.5, 0.6) is 0 Å². The van der Waals surface area contributed by atoms with Crippen LogP contribution in [0.25, 0.3) is 0 Å². The van der Waals surface area contributed by atoms with E-state index in [0.29, 0.717) is 0 Å². The van der Waals surface area contributed by atoms with E-state index in [1.54, 1.807) is 180 Å². The van der Waals surface area contributed by atoms with Gasteiger partial charge in [-0.25, -0.2) is 0 Å². The van der Waals surface area contributed by atoms with Gasteiger partial charge in [0, 0.05) is 0 Å². The maximum absolute atomic E-state index is 2.83. The largest absolute Gasteiger partial charge is 0.0654 e. The van der Waals surface area contributed by atoms with Crippen molar-refractivity contribution in [1.82, 2.24) is 0 Å². The Kier molecular flexibility index (Phi) is 13.3. The molecule has 0 amide bonds. The van der Waals surface area contributed by atoms with E-state index < -0.39 is 0 Å². The second-order valence-corrected chi connectivity index (χ2v) is 22.1. The average Bonchev–Trinajstić information content (AvgIpc) is 3.17. The third-order valence-electron chi connectivity index (χ3n) is 19.9. The fourth-order valence-corrected chi connectivity index (χ4v) is 17.9. The topological polar surface area (TPSA) is 0 Å². The van der Waals surface area contributed by atoms with Crippen LogP contribution in [0.4, 0.5) is 0 Å². The summed E-state index contributed by atoms with van der Waals surface area (Å²) in [5, 5.41) is 0. The minimum Gasteiger partial charge on any atom is -0.0654 e. The smallest absolute Gasteiger partial charge is 0.0329 e. The molecule has 0 spiro atoms. The maximum Gasteiger partial charge on any atom is -0.0329 e. The first kappa shape index (κ1) is 37.9. The lowest BCUT2D eigenvalue weighted by Gasteiger charge is -2.55. The summed E-state index contributed by atoms with van der Waals surface area (Å²) in [5.74, 6) is 18.2. The van der Waals surface area contributed by atoms with E-state index in [2.05, 4.69) is 20.8 Å². The maximum atomic E-state index is 2.83. The van der Waals surface area contributed by atoms with Gasteiger partial charge in [0.25, 0.3) is 0 Å². The van der Waals surface area contributed by atoms with E-state index in [4.69, 9.17) is 0 Å². The molecule has 8 saturated carbocycles. The Morgan fingerprint density at radius 3 is 1.49 bits per heavy atom. The number of rotatable bonds is 7. The van der Waals surface area contributed by atoms with E-state index in [9.17, 15) is 0 Å². The molecule has 0 heteroatoms. The minimum atomic E-state index is 0.988. The molecule has 0 aromatic carbocycles. The Morgan fingerprint density at radius 1 is 0.333 bits per heavy atom. The molecule has 0 N–H and O–H groups in total. The summed E-state index contributed by atoms with van der Waals surface area (Å²) in [7, 11) is 0. The molecule has 51 heavy (non-hydrogen) atoms. The molecule has 8 rings (SSSR count). The van der Waals surface area contributed by atoms with Gasteiger partial charge in [0.2, 0.25) is 0 Å². The normalized spacial score (nSPS) is 50.3. The highest BCUT2D eigenvalue weighted by atomic mass is 14.6. The average molecular weight is 701 g/mol. The van der Waals surface area contributed by atoms with Crippen LogP contribution >= 0.6 is 0 Å². The first-order valence-corrected chi connectivity index (χ1v) is 25.1. The van der Waals surface area contributed by atoms with Crippen LogP contribution in [0.2, 0.25) is 0 Å². The van der Waals surface area contributed by atoms with Crippen molar-refractivity contribution in [2.75, 3.05) is 0 Å². The molecule has 8 aliphatic rings. The van der Waals surface area contributed by atoms with Gasteiger partial charge in [-0.2, -0.15) is 0 Å². The molecule has 0 saturated heterocycles. The quantitative estimate of drug-likeness (QED) is 0.248. The lowest BCUT2D eigenvalue weighted by molar-refractivity contribution is -0.0541. The molecule has 0 aromatic heterocycles. The third kappa shape index (κ3) is 8.27. The highest BCUT2D eigenvalue weighted by Gasteiger charge is 2.50. The van der Waals surface area contributed by atoms with Crippen molar-refractivity contribution in [3.8, 4) is 0 Å². The molecule has 17 atom stereocenters. The van der Waals surface area contributed by atoms with Crippen molar-refractivity contribution in [1.29, 1.82) is 0 Å². The molecular formula is C51H88. The molecule has 0 nitrogen and oxygen atoms in total. The summed E-state index contributed by atoms with van der Waals surface area (Å²) < 4.78 is 0. The monoisotopic (exact) mass is 701 g/mol. The molecule has 0 heterocycles. The van der Waals surface area contributed by atoms with E-state index in [1.165, 1.54) is 19.3 Å². The first-order valence-electron chi connectivity index (χ1n) is 25.1. The van der Waals surface area contributed by atoms with E-state index in [0.717, 1.165) is 101 Å². The molecular weight excluding hydrogens is 613 g/mol. The molecule has 292 valence electrons. The second kappa shape index (κ2) is 17.9. The van der Waals surface area contributed by atoms with Crippen molar-refractivity contribution in [2.45, 2.75) is 220 Å². The van der Waals surface area contributed by atoms with Gasteiger partial charge in [-0.3, -0.25) is 0 Å². The Hall–Kier alpha value is 0. The molecule has 8 fully saturated rings. The number of hydrogen-bond acceptors (Lipinski definition) is 0. The molecule has 0 aliphatic heterocycles. The lowest BCUT2D eigenvalue weighted by Crippen LogP contribution is -2.47. The molecule has 0 radical (unpaired) electrons. The zero-order valence-electron chi connectivity index (χ0n) is 34.7. The van der Waals surface area contributed by atoms with E-state index >= 15 is 0 Å². The first-order chi connectivity index (χ1) is 25.1. The summed E-state index contributed by atoms with van der Waals surface area (Å²) in [4.78, 5) is 0. The van der Waals surface area contributed by atoms with Gasteiger partial charge in [0.1, 0.15) is 0 Å². The van der Waals surface area contributed by atoms with Crippen LogP contribution in [-0.2, 0) is 0 Å². The summed E-state index contributed by atoms with van der Waals surface area (Å²) in [6.07, 6.45) is 48.9. The zero-order chi connectivity index (χ0) is 34.7. The fraction of sp³-hybridized carbons (Fsp3) is 1.00. The predicted molar refractivity (Wildman–Crippen MR) is 219 cm³/mol. The van der Waals surface area contributed by atoms with Crippen LogP contribution in [0, 0.1) is 101 Å².